The van der Waals surface area contributed by atoms with Gasteiger partial charge < -0.3 is 38.6 Å². The summed E-state index contributed by atoms with van der Waals surface area (Å²) < 4.78 is 24.3. The molecule has 3 heterocycles. The van der Waals surface area contributed by atoms with Crippen molar-refractivity contribution in [3.63, 3.8) is 0 Å². The Bertz CT molecular complexity index is 1560. The average Bonchev–Trinajstić information content (AvgIpc) is 3.46. The second kappa shape index (κ2) is 16.5. The van der Waals surface area contributed by atoms with Gasteiger partial charge in [-0.05, 0) is 68.6 Å². The maximum Gasteiger partial charge on any atom is 0.253 e. The van der Waals surface area contributed by atoms with Crippen LogP contribution < -0.4 is 19.5 Å². The minimum atomic E-state index is -0.114. The number of imidazole rings is 1. The molecule has 5 rings (SSSR count). The molecule has 0 aliphatic carbocycles. The Morgan fingerprint density at radius 1 is 1.02 bits per heavy atom. The summed E-state index contributed by atoms with van der Waals surface area (Å²) in [5.74, 6) is 2.29. The van der Waals surface area contributed by atoms with E-state index >= 15 is 0 Å². The van der Waals surface area contributed by atoms with Crippen LogP contribution in [0.4, 0.5) is 5.95 Å². The van der Waals surface area contributed by atoms with Crippen LogP contribution in [0.15, 0.2) is 60.9 Å². The minimum Gasteiger partial charge on any atom is -0.493 e. The molecule has 1 atom stereocenters. The number of anilines is 1. The van der Waals surface area contributed by atoms with E-state index in [-0.39, 0.29) is 11.8 Å². The Balaban J connectivity index is 1.20. The number of aromatic nitrogens is 3. The highest BCUT2D eigenvalue weighted by Gasteiger charge is 2.25. The second-order valence-electron chi connectivity index (χ2n) is 11.9. The van der Waals surface area contributed by atoms with E-state index in [0.717, 1.165) is 68.0 Å². The number of pyridine rings is 1. The second-order valence-corrected chi connectivity index (χ2v) is 11.9. The van der Waals surface area contributed by atoms with Gasteiger partial charge in [0, 0.05) is 69.8 Å². The molecular formula is C36H48N6O5. The standard InChI is InChI=1S/C36H48N6O5/c1-6-47-21-20-42-31-12-8-7-11-30(31)39-36(42)38-29-14-18-41(19-15-29)17-13-27(26-10-9-16-37-24-26)25-40(2)35(43)28-22-32(44-3)34(46-5)33(23-28)45-4/h7-12,16,22-24,27,29H,6,13-15,17-21,25H2,1-5H3,(H,38,39). The SMILES string of the molecule is CCOCCn1c(NC2CCN(CCC(CN(C)C(=O)c3cc(OC)c(OC)c(OC)c3)c3cccnc3)CC2)nc2ccccc21. The summed E-state index contributed by atoms with van der Waals surface area (Å²) in [5, 5.41) is 3.75. The summed E-state index contributed by atoms with van der Waals surface area (Å²) in [4.78, 5) is 27.2. The summed E-state index contributed by atoms with van der Waals surface area (Å²) in [7, 11) is 6.49. The van der Waals surface area contributed by atoms with Crippen molar-refractivity contribution >= 4 is 22.9 Å². The molecule has 2 aromatic carbocycles. The number of fused-ring (bicyclic) bond motifs is 1. The zero-order valence-electron chi connectivity index (χ0n) is 28.3. The van der Waals surface area contributed by atoms with E-state index < -0.39 is 0 Å². The van der Waals surface area contributed by atoms with E-state index in [9.17, 15) is 4.79 Å². The molecule has 4 aromatic rings. The van der Waals surface area contributed by atoms with Crippen molar-refractivity contribution in [3.8, 4) is 17.2 Å². The smallest absolute Gasteiger partial charge is 0.253 e. The quantitative estimate of drug-likeness (QED) is 0.163. The van der Waals surface area contributed by atoms with Crippen LogP contribution >= 0.6 is 0 Å². The summed E-state index contributed by atoms with van der Waals surface area (Å²) in [6.45, 7) is 7.63. The molecular weight excluding hydrogens is 596 g/mol. The number of rotatable bonds is 16. The molecule has 0 spiro atoms. The highest BCUT2D eigenvalue weighted by molar-refractivity contribution is 5.95. The first-order valence-electron chi connectivity index (χ1n) is 16.4. The largest absolute Gasteiger partial charge is 0.493 e. The van der Waals surface area contributed by atoms with Crippen molar-refractivity contribution in [2.75, 3.05) is 73.1 Å². The van der Waals surface area contributed by atoms with E-state index in [2.05, 4.69) is 44.0 Å². The van der Waals surface area contributed by atoms with E-state index in [1.54, 1.807) is 44.6 Å². The van der Waals surface area contributed by atoms with Gasteiger partial charge in [-0.25, -0.2) is 4.98 Å². The molecule has 1 aliphatic rings. The fraction of sp³-hybridized carbons (Fsp3) is 0.472. The van der Waals surface area contributed by atoms with Gasteiger partial charge in [-0.1, -0.05) is 18.2 Å². The molecule has 0 saturated carbocycles. The van der Waals surface area contributed by atoms with Crippen LogP contribution in [-0.2, 0) is 11.3 Å². The lowest BCUT2D eigenvalue weighted by molar-refractivity contribution is 0.0781. The number of piperidine rings is 1. The van der Waals surface area contributed by atoms with Gasteiger partial charge in [0.15, 0.2) is 11.5 Å². The Hall–Kier alpha value is -4.35. The summed E-state index contributed by atoms with van der Waals surface area (Å²) >= 11 is 0. The molecule has 2 aromatic heterocycles. The average molecular weight is 645 g/mol. The molecule has 252 valence electrons. The molecule has 1 amide bonds. The number of carbonyl (C=O) groups is 1. The lowest BCUT2D eigenvalue weighted by Gasteiger charge is -2.34. The number of para-hydroxylation sites is 2. The maximum atomic E-state index is 13.6. The maximum absolute atomic E-state index is 13.6. The first kappa shape index (κ1) is 34.0. The molecule has 47 heavy (non-hydrogen) atoms. The zero-order chi connectivity index (χ0) is 33.2. The lowest BCUT2D eigenvalue weighted by Crippen LogP contribution is -2.40. The number of benzene rings is 2. The molecule has 11 heteroatoms. The molecule has 0 radical (unpaired) electrons. The van der Waals surface area contributed by atoms with Crippen molar-refractivity contribution in [2.45, 2.75) is 44.7 Å². The number of nitrogens with one attached hydrogen (secondary N) is 1. The Morgan fingerprint density at radius 2 is 1.77 bits per heavy atom. The van der Waals surface area contributed by atoms with Gasteiger partial charge in [-0.15, -0.1) is 0 Å². The van der Waals surface area contributed by atoms with Crippen LogP contribution in [0.1, 0.15) is 48.0 Å². The number of amides is 1. The Labute approximate surface area is 277 Å². The van der Waals surface area contributed by atoms with Gasteiger partial charge in [0.1, 0.15) is 0 Å². The third-order valence-corrected chi connectivity index (χ3v) is 8.94. The fourth-order valence-corrected chi connectivity index (χ4v) is 6.35. The number of hydrogen-bond acceptors (Lipinski definition) is 9. The Morgan fingerprint density at radius 3 is 2.43 bits per heavy atom. The van der Waals surface area contributed by atoms with Crippen LogP contribution in [0.25, 0.3) is 11.0 Å². The van der Waals surface area contributed by atoms with E-state index in [1.165, 1.54) is 0 Å². The van der Waals surface area contributed by atoms with Gasteiger partial charge >= 0.3 is 0 Å². The van der Waals surface area contributed by atoms with Crippen molar-refractivity contribution in [1.82, 2.24) is 24.3 Å². The molecule has 1 saturated heterocycles. The monoisotopic (exact) mass is 644 g/mol. The number of likely N-dealkylation sites (tertiary alicyclic amines) is 1. The lowest BCUT2D eigenvalue weighted by atomic mass is 9.95. The minimum absolute atomic E-state index is 0.114. The highest BCUT2D eigenvalue weighted by atomic mass is 16.5. The van der Waals surface area contributed by atoms with Gasteiger partial charge in [-0.3, -0.25) is 9.78 Å². The van der Waals surface area contributed by atoms with Gasteiger partial charge in [0.05, 0.1) is 39.0 Å². The highest BCUT2D eigenvalue weighted by Crippen LogP contribution is 2.38. The van der Waals surface area contributed by atoms with Gasteiger partial charge in [-0.2, -0.15) is 0 Å². The van der Waals surface area contributed by atoms with Crippen molar-refractivity contribution in [3.05, 3.63) is 72.1 Å². The van der Waals surface area contributed by atoms with Crippen LogP contribution in [0.5, 0.6) is 17.2 Å². The van der Waals surface area contributed by atoms with E-state index in [4.69, 9.17) is 23.9 Å². The summed E-state index contributed by atoms with van der Waals surface area (Å²) in [6.07, 6.45) is 6.67. The number of nitrogens with zero attached hydrogens (tertiary/aromatic N) is 5. The van der Waals surface area contributed by atoms with Crippen molar-refractivity contribution in [1.29, 1.82) is 0 Å². The number of likely N-dealkylation sites (N-methyl/N-ethyl adjacent to an activating group) is 1. The van der Waals surface area contributed by atoms with Gasteiger partial charge in [0.2, 0.25) is 11.7 Å². The number of carbonyl (C=O) groups excluding carboxylic acids is 1. The van der Waals surface area contributed by atoms with Crippen LogP contribution in [0.3, 0.4) is 0 Å². The molecule has 1 unspecified atom stereocenters. The first-order chi connectivity index (χ1) is 22.9. The van der Waals surface area contributed by atoms with Gasteiger partial charge in [0.25, 0.3) is 5.91 Å². The third-order valence-electron chi connectivity index (χ3n) is 8.94. The normalized spacial score (nSPS) is 14.6. The number of hydrogen-bond donors (Lipinski definition) is 1. The number of ether oxygens (including phenoxy) is 4. The molecule has 1 fully saturated rings. The van der Waals surface area contributed by atoms with Crippen molar-refractivity contribution in [2.24, 2.45) is 0 Å². The fourth-order valence-electron chi connectivity index (χ4n) is 6.35. The zero-order valence-corrected chi connectivity index (χ0v) is 28.3. The van der Waals surface area contributed by atoms with Crippen LogP contribution in [0.2, 0.25) is 0 Å². The van der Waals surface area contributed by atoms with E-state index in [0.29, 0.717) is 48.6 Å². The molecule has 11 nitrogen and oxygen atoms in total. The molecule has 1 aliphatic heterocycles. The predicted molar refractivity (Wildman–Crippen MR) is 184 cm³/mol. The van der Waals surface area contributed by atoms with Crippen LogP contribution in [0, 0.1) is 0 Å². The number of methoxy groups -OCH3 is 3. The predicted octanol–water partition coefficient (Wildman–Crippen LogP) is 5.32. The van der Waals surface area contributed by atoms with Crippen LogP contribution in [-0.4, -0.2) is 104 Å². The molecule has 0 bridgehead atoms. The Kier molecular flexibility index (Phi) is 11.9. The van der Waals surface area contributed by atoms with E-state index in [1.807, 2.05) is 32.3 Å². The molecule has 1 N–H and O–H groups in total. The topological polar surface area (TPSA) is 103 Å². The summed E-state index contributed by atoms with van der Waals surface area (Å²) in [6, 6.07) is 16.1. The first-order valence-corrected chi connectivity index (χ1v) is 16.4. The summed E-state index contributed by atoms with van der Waals surface area (Å²) in [5.41, 5.74) is 3.73. The van der Waals surface area contributed by atoms with Crippen molar-refractivity contribution < 1.29 is 23.7 Å². The third kappa shape index (κ3) is 8.33.